The summed E-state index contributed by atoms with van der Waals surface area (Å²) in [5, 5.41) is 3.48. The molecule has 3 rings (SSSR count). The van der Waals surface area contributed by atoms with Gasteiger partial charge in [0.2, 0.25) is 0 Å². The molecule has 0 radical (unpaired) electrons. The first-order valence-electron chi connectivity index (χ1n) is 6.95. The maximum absolute atomic E-state index is 3.48. The molecule has 0 bridgehead atoms. The van der Waals surface area contributed by atoms with E-state index in [1.54, 1.807) is 0 Å². The topological polar surface area (TPSA) is 15.3 Å². The summed E-state index contributed by atoms with van der Waals surface area (Å²) in [6, 6.07) is 11.9. The molecule has 1 aliphatic heterocycles. The summed E-state index contributed by atoms with van der Waals surface area (Å²) >= 11 is 0. The lowest BCUT2D eigenvalue weighted by Crippen LogP contribution is -2.35. The van der Waals surface area contributed by atoms with Crippen LogP contribution in [0.2, 0.25) is 0 Å². The third kappa shape index (κ3) is 2.70. The fourth-order valence-electron chi connectivity index (χ4n) is 3.03. The van der Waals surface area contributed by atoms with Crippen LogP contribution in [0.5, 0.6) is 0 Å². The first-order valence-corrected chi connectivity index (χ1v) is 6.95. The second-order valence-electron chi connectivity index (χ2n) is 5.31. The molecule has 92 valence electrons. The summed E-state index contributed by atoms with van der Waals surface area (Å²) in [6.07, 6.45) is 3.98. The Morgan fingerprint density at radius 3 is 2.41 bits per heavy atom. The molecule has 17 heavy (non-hydrogen) atoms. The zero-order valence-electron chi connectivity index (χ0n) is 10.4. The molecule has 0 amide bonds. The standard InChI is InChI=1S/C15H22N2/c1-2-6-13(7-3-1)14-12-15(14)17-10-4-8-16-9-5-11-17/h1-3,6-7,14-16H,4-5,8-12H2. The normalized spacial score (nSPS) is 30.6. The Balaban J connectivity index is 1.59. The van der Waals surface area contributed by atoms with Crippen molar-refractivity contribution in [1.29, 1.82) is 0 Å². The summed E-state index contributed by atoms with van der Waals surface area (Å²) in [6.45, 7) is 4.94. The quantitative estimate of drug-likeness (QED) is 0.838. The molecule has 1 aliphatic carbocycles. The van der Waals surface area contributed by atoms with Crippen LogP contribution in [0.25, 0.3) is 0 Å². The molecular weight excluding hydrogens is 208 g/mol. The second-order valence-corrected chi connectivity index (χ2v) is 5.31. The first-order chi connectivity index (χ1) is 8.45. The molecular formula is C15H22N2. The van der Waals surface area contributed by atoms with E-state index < -0.39 is 0 Å². The fourth-order valence-corrected chi connectivity index (χ4v) is 3.03. The molecule has 2 nitrogen and oxygen atoms in total. The molecule has 1 heterocycles. The summed E-state index contributed by atoms with van der Waals surface area (Å²) in [5.41, 5.74) is 1.54. The van der Waals surface area contributed by atoms with Crippen molar-refractivity contribution in [3.05, 3.63) is 35.9 Å². The SMILES string of the molecule is c1ccc(C2CC2N2CCCNCCC2)cc1. The lowest BCUT2D eigenvalue weighted by atomic mass is 10.1. The minimum Gasteiger partial charge on any atom is -0.317 e. The highest BCUT2D eigenvalue weighted by atomic mass is 15.2. The molecule has 2 fully saturated rings. The summed E-state index contributed by atoms with van der Waals surface area (Å²) in [5.74, 6) is 0.809. The molecule has 1 aromatic carbocycles. The van der Waals surface area contributed by atoms with Gasteiger partial charge in [-0.15, -0.1) is 0 Å². The van der Waals surface area contributed by atoms with Crippen molar-refractivity contribution in [3.63, 3.8) is 0 Å². The van der Waals surface area contributed by atoms with Crippen LogP contribution in [0, 0.1) is 0 Å². The van der Waals surface area contributed by atoms with Gasteiger partial charge < -0.3 is 5.32 Å². The Labute approximate surface area is 104 Å². The number of rotatable bonds is 2. The zero-order valence-corrected chi connectivity index (χ0v) is 10.4. The van der Waals surface area contributed by atoms with Gasteiger partial charge in [0, 0.05) is 12.0 Å². The molecule has 0 spiro atoms. The third-order valence-corrected chi connectivity index (χ3v) is 4.05. The molecule has 0 aromatic heterocycles. The first kappa shape index (κ1) is 11.2. The maximum atomic E-state index is 3.48. The van der Waals surface area contributed by atoms with E-state index in [1.807, 2.05) is 0 Å². The molecule has 2 heteroatoms. The average Bonchev–Trinajstić information content (AvgIpc) is 3.10. The van der Waals surface area contributed by atoms with Crippen molar-refractivity contribution in [1.82, 2.24) is 10.2 Å². The molecule has 1 N–H and O–H groups in total. The number of hydrogen-bond donors (Lipinski definition) is 1. The lowest BCUT2D eigenvalue weighted by Gasteiger charge is -2.25. The monoisotopic (exact) mass is 230 g/mol. The van der Waals surface area contributed by atoms with Crippen molar-refractivity contribution in [2.45, 2.75) is 31.2 Å². The molecule has 2 aliphatic rings. The van der Waals surface area contributed by atoms with Crippen LogP contribution in [0.15, 0.2) is 30.3 Å². The number of nitrogens with one attached hydrogen (secondary N) is 1. The maximum Gasteiger partial charge on any atom is 0.0171 e. The van der Waals surface area contributed by atoms with Gasteiger partial charge in [-0.25, -0.2) is 0 Å². The van der Waals surface area contributed by atoms with E-state index in [2.05, 4.69) is 40.5 Å². The Bertz CT molecular complexity index is 341. The van der Waals surface area contributed by atoms with Crippen LogP contribution in [0.4, 0.5) is 0 Å². The number of hydrogen-bond acceptors (Lipinski definition) is 2. The minimum absolute atomic E-state index is 0.809. The highest BCUT2D eigenvalue weighted by Gasteiger charge is 2.42. The van der Waals surface area contributed by atoms with Crippen LogP contribution in [0.1, 0.15) is 30.7 Å². The average molecular weight is 230 g/mol. The van der Waals surface area contributed by atoms with Gasteiger partial charge in [-0.05, 0) is 51.0 Å². The van der Waals surface area contributed by atoms with Crippen LogP contribution in [-0.2, 0) is 0 Å². The molecule has 1 saturated heterocycles. The van der Waals surface area contributed by atoms with Gasteiger partial charge in [-0.1, -0.05) is 30.3 Å². The van der Waals surface area contributed by atoms with E-state index in [1.165, 1.54) is 51.0 Å². The van der Waals surface area contributed by atoms with E-state index in [-0.39, 0.29) is 0 Å². The Kier molecular flexibility index (Phi) is 3.44. The van der Waals surface area contributed by atoms with Gasteiger partial charge >= 0.3 is 0 Å². The minimum atomic E-state index is 0.809. The molecule has 2 unspecified atom stereocenters. The van der Waals surface area contributed by atoms with Crippen molar-refractivity contribution in [3.8, 4) is 0 Å². The van der Waals surface area contributed by atoms with E-state index in [4.69, 9.17) is 0 Å². The number of benzene rings is 1. The van der Waals surface area contributed by atoms with Crippen molar-refractivity contribution in [2.24, 2.45) is 0 Å². The predicted molar refractivity (Wildman–Crippen MR) is 71.3 cm³/mol. The van der Waals surface area contributed by atoms with Gasteiger partial charge in [0.1, 0.15) is 0 Å². The lowest BCUT2D eigenvalue weighted by molar-refractivity contribution is 0.239. The van der Waals surface area contributed by atoms with E-state index in [0.29, 0.717) is 0 Å². The zero-order chi connectivity index (χ0) is 11.5. The van der Waals surface area contributed by atoms with Crippen molar-refractivity contribution >= 4 is 0 Å². The van der Waals surface area contributed by atoms with Crippen LogP contribution >= 0.6 is 0 Å². The van der Waals surface area contributed by atoms with Gasteiger partial charge in [0.05, 0.1) is 0 Å². The summed E-state index contributed by atoms with van der Waals surface area (Å²) in [7, 11) is 0. The van der Waals surface area contributed by atoms with Crippen LogP contribution in [-0.4, -0.2) is 37.1 Å². The van der Waals surface area contributed by atoms with Crippen molar-refractivity contribution < 1.29 is 0 Å². The van der Waals surface area contributed by atoms with Crippen molar-refractivity contribution in [2.75, 3.05) is 26.2 Å². The molecule has 2 atom stereocenters. The fraction of sp³-hybridized carbons (Fsp3) is 0.600. The number of nitrogens with zero attached hydrogens (tertiary/aromatic N) is 1. The van der Waals surface area contributed by atoms with Crippen LogP contribution < -0.4 is 5.32 Å². The Morgan fingerprint density at radius 1 is 1.00 bits per heavy atom. The van der Waals surface area contributed by atoms with Gasteiger partial charge in [-0.2, -0.15) is 0 Å². The third-order valence-electron chi connectivity index (χ3n) is 4.05. The molecule has 1 aromatic rings. The summed E-state index contributed by atoms with van der Waals surface area (Å²) < 4.78 is 0. The summed E-state index contributed by atoms with van der Waals surface area (Å²) in [4.78, 5) is 2.72. The Morgan fingerprint density at radius 2 is 1.71 bits per heavy atom. The predicted octanol–water partition coefficient (Wildman–Crippen LogP) is 2.23. The highest BCUT2D eigenvalue weighted by molar-refractivity contribution is 5.27. The molecule has 1 saturated carbocycles. The Hall–Kier alpha value is -0.860. The van der Waals surface area contributed by atoms with E-state index in [9.17, 15) is 0 Å². The highest BCUT2D eigenvalue weighted by Crippen LogP contribution is 2.44. The largest absolute Gasteiger partial charge is 0.317 e. The van der Waals surface area contributed by atoms with Gasteiger partial charge in [-0.3, -0.25) is 4.90 Å². The van der Waals surface area contributed by atoms with Crippen LogP contribution in [0.3, 0.4) is 0 Å². The van der Waals surface area contributed by atoms with Gasteiger partial charge in [0.25, 0.3) is 0 Å². The smallest absolute Gasteiger partial charge is 0.0171 e. The van der Waals surface area contributed by atoms with E-state index in [0.717, 1.165) is 12.0 Å². The van der Waals surface area contributed by atoms with Gasteiger partial charge in [0.15, 0.2) is 0 Å². The van der Waals surface area contributed by atoms with E-state index >= 15 is 0 Å². The second kappa shape index (κ2) is 5.19.